The highest BCUT2D eigenvalue weighted by atomic mass is 35.5. The van der Waals surface area contributed by atoms with Gasteiger partial charge < -0.3 is 0 Å². The highest BCUT2D eigenvalue weighted by Crippen LogP contribution is 2.07. The number of rotatable bonds is 2. The molecule has 5 nitrogen and oxygen atoms in total. The van der Waals surface area contributed by atoms with E-state index in [1.807, 2.05) is 0 Å². The van der Waals surface area contributed by atoms with Crippen LogP contribution in [-0.2, 0) is 0 Å². The molecule has 0 saturated heterocycles. The number of nitrogens with one attached hydrogen (secondary N) is 1. The number of anilines is 1. The van der Waals surface area contributed by atoms with E-state index in [4.69, 9.17) is 11.6 Å². The lowest BCUT2D eigenvalue weighted by atomic mass is 10.2. The van der Waals surface area contributed by atoms with Gasteiger partial charge in [-0.15, -0.1) is 0 Å². The van der Waals surface area contributed by atoms with Gasteiger partial charge in [-0.1, -0.05) is 11.6 Å². The van der Waals surface area contributed by atoms with Crippen molar-refractivity contribution in [2.24, 2.45) is 0 Å². The molecule has 0 aliphatic heterocycles. The van der Waals surface area contributed by atoms with Crippen molar-refractivity contribution >= 4 is 23.5 Å². The number of amides is 1. The van der Waals surface area contributed by atoms with Crippen molar-refractivity contribution in [1.82, 2.24) is 15.0 Å². The number of halogens is 1. The third kappa shape index (κ3) is 2.52. The molecular formula is C10H7ClN4O. The Labute approximate surface area is 96.5 Å². The molecule has 16 heavy (non-hydrogen) atoms. The van der Waals surface area contributed by atoms with E-state index in [1.165, 1.54) is 24.7 Å². The molecule has 6 heteroatoms. The minimum atomic E-state index is -0.301. The highest BCUT2D eigenvalue weighted by molar-refractivity contribution is 6.29. The predicted octanol–water partition coefficient (Wildman–Crippen LogP) is 1.78. The first-order valence-corrected chi connectivity index (χ1v) is 4.83. The molecule has 0 bridgehead atoms. The van der Waals surface area contributed by atoms with Gasteiger partial charge in [-0.2, -0.15) is 0 Å². The van der Waals surface area contributed by atoms with Gasteiger partial charge in [0, 0.05) is 24.2 Å². The molecule has 0 radical (unpaired) electrons. The molecule has 0 aliphatic rings. The first-order chi connectivity index (χ1) is 7.75. The lowest BCUT2D eigenvalue weighted by Crippen LogP contribution is -2.13. The van der Waals surface area contributed by atoms with E-state index in [0.717, 1.165) is 0 Å². The SMILES string of the molecule is O=C(Nc1nccc(Cl)n1)c1ccncc1. The molecule has 0 aliphatic carbocycles. The Bertz CT molecular complexity index is 503. The van der Waals surface area contributed by atoms with Crippen molar-refractivity contribution in [2.75, 3.05) is 5.32 Å². The van der Waals surface area contributed by atoms with Crippen molar-refractivity contribution < 1.29 is 4.79 Å². The summed E-state index contributed by atoms with van der Waals surface area (Å²) in [6.45, 7) is 0. The Morgan fingerprint density at radius 3 is 2.62 bits per heavy atom. The lowest BCUT2D eigenvalue weighted by Gasteiger charge is -2.02. The van der Waals surface area contributed by atoms with Crippen molar-refractivity contribution in [1.29, 1.82) is 0 Å². The molecule has 0 saturated carbocycles. The molecule has 0 aromatic carbocycles. The Balaban J connectivity index is 2.14. The second-order valence-electron chi connectivity index (χ2n) is 2.89. The molecule has 1 N–H and O–H groups in total. The lowest BCUT2D eigenvalue weighted by molar-refractivity contribution is 0.102. The fourth-order valence-corrected chi connectivity index (χ4v) is 1.21. The Hall–Kier alpha value is -2.01. The molecule has 0 spiro atoms. The van der Waals surface area contributed by atoms with Crippen LogP contribution in [0.3, 0.4) is 0 Å². The molecule has 2 rings (SSSR count). The Morgan fingerprint density at radius 2 is 1.94 bits per heavy atom. The quantitative estimate of drug-likeness (QED) is 0.805. The van der Waals surface area contributed by atoms with Gasteiger partial charge >= 0.3 is 0 Å². The van der Waals surface area contributed by atoms with Gasteiger partial charge in [-0.25, -0.2) is 9.97 Å². The van der Waals surface area contributed by atoms with E-state index in [-0.39, 0.29) is 17.0 Å². The summed E-state index contributed by atoms with van der Waals surface area (Å²) < 4.78 is 0. The first kappa shape index (κ1) is 10.5. The average molecular weight is 235 g/mol. The van der Waals surface area contributed by atoms with Crippen LogP contribution in [0.1, 0.15) is 10.4 Å². The van der Waals surface area contributed by atoms with E-state index in [2.05, 4.69) is 20.3 Å². The molecule has 0 fully saturated rings. The van der Waals surface area contributed by atoms with E-state index >= 15 is 0 Å². The molecule has 2 aromatic heterocycles. The zero-order valence-electron chi connectivity index (χ0n) is 8.09. The molecule has 2 heterocycles. The summed E-state index contributed by atoms with van der Waals surface area (Å²) in [5.41, 5.74) is 0.485. The fraction of sp³-hybridized carbons (Fsp3) is 0. The molecule has 80 valence electrons. The first-order valence-electron chi connectivity index (χ1n) is 4.45. The topological polar surface area (TPSA) is 67.8 Å². The predicted molar refractivity (Wildman–Crippen MR) is 59.2 cm³/mol. The van der Waals surface area contributed by atoms with Crippen LogP contribution in [0.25, 0.3) is 0 Å². The Morgan fingerprint density at radius 1 is 1.19 bits per heavy atom. The third-order valence-corrected chi connectivity index (χ3v) is 2.00. The molecule has 0 atom stereocenters. The number of nitrogens with zero attached hydrogens (tertiary/aromatic N) is 3. The summed E-state index contributed by atoms with van der Waals surface area (Å²) in [6.07, 6.45) is 4.54. The summed E-state index contributed by atoms with van der Waals surface area (Å²) in [6, 6.07) is 4.73. The molecule has 1 amide bonds. The summed E-state index contributed by atoms with van der Waals surface area (Å²) >= 11 is 5.66. The zero-order valence-corrected chi connectivity index (χ0v) is 8.85. The summed E-state index contributed by atoms with van der Waals surface area (Å²) in [4.78, 5) is 23.2. The van der Waals surface area contributed by atoms with Gasteiger partial charge in [0.05, 0.1) is 0 Å². The molecular weight excluding hydrogens is 228 g/mol. The smallest absolute Gasteiger partial charge is 0.258 e. The number of carbonyl (C=O) groups excluding carboxylic acids is 1. The van der Waals surface area contributed by atoms with E-state index in [0.29, 0.717) is 5.56 Å². The monoisotopic (exact) mass is 234 g/mol. The summed E-state index contributed by atoms with van der Waals surface area (Å²) in [5.74, 6) is -0.126. The van der Waals surface area contributed by atoms with Crippen LogP contribution in [0.2, 0.25) is 5.15 Å². The van der Waals surface area contributed by atoms with Gasteiger partial charge in [0.25, 0.3) is 5.91 Å². The van der Waals surface area contributed by atoms with Crippen LogP contribution >= 0.6 is 11.6 Å². The number of pyridine rings is 1. The average Bonchev–Trinajstić information content (AvgIpc) is 2.30. The van der Waals surface area contributed by atoms with Crippen LogP contribution in [0.4, 0.5) is 5.95 Å². The van der Waals surface area contributed by atoms with Gasteiger partial charge in [-0.05, 0) is 18.2 Å². The summed E-state index contributed by atoms with van der Waals surface area (Å²) in [7, 11) is 0. The van der Waals surface area contributed by atoms with Crippen molar-refractivity contribution in [3.8, 4) is 0 Å². The van der Waals surface area contributed by atoms with Gasteiger partial charge in [0.2, 0.25) is 5.95 Å². The second-order valence-corrected chi connectivity index (χ2v) is 3.28. The Kier molecular flexibility index (Phi) is 3.07. The van der Waals surface area contributed by atoms with Crippen molar-refractivity contribution in [3.05, 3.63) is 47.5 Å². The van der Waals surface area contributed by atoms with E-state index < -0.39 is 0 Å². The van der Waals surface area contributed by atoms with E-state index in [9.17, 15) is 4.79 Å². The van der Waals surface area contributed by atoms with Gasteiger partial charge in [-0.3, -0.25) is 15.1 Å². The zero-order chi connectivity index (χ0) is 11.4. The minimum absolute atomic E-state index is 0.175. The normalized spacial score (nSPS) is 9.81. The second kappa shape index (κ2) is 4.67. The third-order valence-electron chi connectivity index (χ3n) is 1.79. The summed E-state index contributed by atoms with van der Waals surface area (Å²) in [5, 5.41) is 2.80. The molecule has 0 unspecified atom stereocenters. The standard InChI is InChI=1S/C10H7ClN4O/c11-8-3-6-13-10(14-8)15-9(16)7-1-4-12-5-2-7/h1-6H,(H,13,14,15,16). The van der Waals surface area contributed by atoms with Gasteiger partial charge in [0.15, 0.2) is 0 Å². The number of aromatic nitrogens is 3. The highest BCUT2D eigenvalue weighted by Gasteiger charge is 2.06. The minimum Gasteiger partial charge on any atom is -0.290 e. The molecule has 2 aromatic rings. The maximum atomic E-state index is 11.7. The van der Waals surface area contributed by atoms with Crippen molar-refractivity contribution in [2.45, 2.75) is 0 Å². The van der Waals surface area contributed by atoms with Crippen LogP contribution in [0.15, 0.2) is 36.8 Å². The number of hydrogen-bond donors (Lipinski definition) is 1. The van der Waals surface area contributed by atoms with Gasteiger partial charge in [0.1, 0.15) is 5.15 Å². The van der Waals surface area contributed by atoms with Crippen LogP contribution in [0, 0.1) is 0 Å². The van der Waals surface area contributed by atoms with Crippen LogP contribution in [-0.4, -0.2) is 20.9 Å². The van der Waals surface area contributed by atoms with Crippen molar-refractivity contribution in [3.63, 3.8) is 0 Å². The fourth-order valence-electron chi connectivity index (χ4n) is 1.07. The van der Waals surface area contributed by atoms with Crippen LogP contribution in [0.5, 0.6) is 0 Å². The maximum Gasteiger partial charge on any atom is 0.258 e. The number of hydrogen-bond acceptors (Lipinski definition) is 4. The maximum absolute atomic E-state index is 11.7. The number of carbonyl (C=O) groups is 1. The van der Waals surface area contributed by atoms with Crippen LogP contribution < -0.4 is 5.32 Å². The largest absolute Gasteiger partial charge is 0.290 e. The van der Waals surface area contributed by atoms with E-state index in [1.54, 1.807) is 12.1 Å².